The summed E-state index contributed by atoms with van der Waals surface area (Å²) in [6.45, 7) is 3.76. The van der Waals surface area contributed by atoms with Gasteiger partial charge in [-0.25, -0.2) is 0 Å². The highest BCUT2D eigenvalue weighted by molar-refractivity contribution is 9.10. The van der Waals surface area contributed by atoms with Crippen LogP contribution < -0.4 is 4.74 Å². The Morgan fingerprint density at radius 2 is 2.00 bits per heavy atom. The topological polar surface area (TPSA) is 26.3 Å². The first-order valence-electron chi connectivity index (χ1n) is 4.45. The first kappa shape index (κ1) is 12.5. The number of methoxy groups -OCH3 is 1. The molecule has 1 atom stereocenters. The van der Waals surface area contributed by atoms with Crippen LogP contribution in [0.5, 0.6) is 5.75 Å². The van der Waals surface area contributed by atoms with Crippen molar-refractivity contribution in [1.82, 2.24) is 0 Å². The highest BCUT2D eigenvalue weighted by Crippen LogP contribution is 2.25. The van der Waals surface area contributed by atoms with Crippen LogP contribution in [0.15, 0.2) is 12.1 Å². The molecule has 0 radical (unpaired) electrons. The number of alkyl halides is 2. The lowest BCUT2D eigenvalue weighted by molar-refractivity contribution is 0.101. The fourth-order valence-corrected chi connectivity index (χ4v) is 1.76. The van der Waals surface area contributed by atoms with Crippen LogP contribution >= 0.6 is 27.5 Å². The monoisotopic (exact) mass is 290 g/mol. The SMILES string of the molecule is COc1cc(C)c(C(=O)C(Cl)Br)cc1C. The Labute approximate surface area is 103 Å². The smallest absolute Gasteiger partial charge is 0.191 e. The maximum atomic E-state index is 11.7. The molecular weight excluding hydrogens is 279 g/mol. The number of hydrogen-bond acceptors (Lipinski definition) is 2. The Bertz CT molecular complexity index is 388. The van der Waals surface area contributed by atoms with Gasteiger partial charge >= 0.3 is 0 Å². The molecule has 0 fully saturated rings. The van der Waals surface area contributed by atoms with Gasteiger partial charge in [-0.3, -0.25) is 4.79 Å². The maximum absolute atomic E-state index is 11.7. The molecule has 0 aliphatic heterocycles. The molecule has 1 aromatic carbocycles. The van der Waals surface area contributed by atoms with Crippen LogP contribution in [-0.2, 0) is 0 Å². The summed E-state index contributed by atoms with van der Waals surface area (Å²) >= 11 is 8.75. The third kappa shape index (κ3) is 2.73. The molecule has 0 spiro atoms. The molecule has 4 heteroatoms. The summed E-state index contributed by atoms with van der Waals surface area (Å²) in [5.74, 6) is 0.657. The number of benzene rings is 1. The lowest BCUT2D eigenvalue weighted by Crippen LogP contribution is -2.10. The van der Waals surface area contributed by atoms with Gasteiger partial charge < -0.3 is 4.74 Å². The number of rotatable bonds is 3. The third-order valence-electron chi connectivity index (χ3n) is 2.21. The molecule has 1 rings (SSSR count). The van der Waals surface area contributed by atoms with Gasteiger partial charge in [-0.1, -0.05) is 15.9 Å². The van der Waals surface area contributed by atoms with Crippen LogP contribution in [0.3, 0.4) is 0 Å². The van der Waals surface area contributed by atoms with Gasteiger partial charge in [0, 0.05) is 5.56 Å². The molecule has 0 N–H and O–H groups in total. The summed E-state index contributed by atoms with van der Waals surface area (Å²) in [5.41, 5.74) is 2.42. The summed E-state index contributed by atoms with van der Waals surface area (Å²) in [5, 5.41) is 0. The zero-order chi connectivity index (χ0) is 11.6. The van der Waals surface area contributed by atoms with Gasteiger partial charge in [0.15, 0.2) is 10.1 Å². The van der Waals surface area contributed by atoms with E-state index in [2.05, 4.69) is 15.9 Å². The molecule has 0 saturated heterocycles. The predicted octanol–water partition coefficient (Wildman–Crippen LogP) is 3.45. The lowest BCUT2D eigenvalue weighted by atomic mass is 10.0. The van der Waals surface area contributed by atoms with E-state index in [0.717, 1.165) is 16.9 Å². The van der Waals surface area contributed by atoms with E-state index in [1.807, 2.05) is 19.9 Å². The van der Waals surface area contributed by atoms with Crippen LogP contribution in [0, 0.1) is 13.8 Å². The van der Waals surface area contributed by atoms with Crippen LogP contribution in [0.4, 0.5) is 0 Å². The Morgan fingerprint density at radius 1 is 1.40 bits per heavy atom. The zero-order valence-corrected chi connectivity index (χ0v) is 11.1. The molecule has 0 amide bonds. The Kier molecular flexibility index (Phi) is 4.17. The molecule has 0 aliphatic carbocycles. The molecule has 15 heavy (non-hydrogen) atoms. The third-order valence-corrected chi connectivity index (χ3v) is 2.82. The maximum Gasteiger partial charge on any atom is 0.191 e. The summed E-state index contributed by atoms with van der Waals surface area (Å²) in [7, 11) is 1.61. The van der Waals surface area contributed by atoms with Crippen molar-refractivity contribution in [3.05, 3.63) is 28.8 Å². The van der Waals surface area contributed by atoms with Crippen molar-refractivity contribution in [3.63, 3.8) is 0 Å². The second-order valence-corrected chi connectivity index (χ2v) is 5.18. The molecular formula is C11H12BrClO2. The second kappa shape index (κ2) is 4.99. The number of aryl methyl sites for hydroxylation is 2. The molecule has 0 saturated carbocycles. The molecule has 0 bridgehead atoms. The Hall–Kier alpha value is -0.540. The fraction of sp³-hybridized carbons (Fsp3) is 0.364. The first-order valence-corrected chi connectivity index (χ1v) is 5.80. The van der Waals surface area contributed by atoms with Crippen LogP contribution in [0.1, 0.15) is 21.5 Å². The van der Waals surface area contributed by atoms with Crippen molar-refractivity contribution in [1.29, 1.82) is 0 Å². The summed E-state index contributed by atoms with van der Waals surface area (Å²) in [6, 6.07) is 3.64. The van der Waals surface area contributed by atoms with Crippen molar-refractivity contribution < 1.29 is 9.53 Å². The molecule has 0 heterocycles. The van der Waals surface area contributed by atoms with E-state index in [1.54, 1.807) is 13.2 Å². The minimum Gasteiger partial charge on any atom is -0.496 e. The molecule has 0 aliphatic rings. The van der Waals surface area contributed by atoms with E-state index >= 15 is 0 Å². The van der Waals surface area contributed by atoms with E-state index < -0.39 is 4.29 Å². The Balaban J connectivity index is 3.22. The standard InChI is InChI=1S/C11H12BrClO2/c1-6-5-9(15-3)7(2)4-8(6)10(14)11(12)13/h4-5,11H,1-3H3. The van der Waals surface area contributed by atoms with E-state index in [9.17, 15) is 4.79 Å². The van der Waals surface area contributed by atoms with Gasteiger partial charge in [-0.05, 0) is 37.1 Å². The van der Waals surface area contributed by atoms with Crippen molar-refractivity contribution in [2.75, 3.05) is 7.11 Å². The van der Waals surface area contributed by atoms with Crippen molar-refractivity contribution >= 4 is 33.3 Å². The minimum absolute atomic E-state index is 0.125. The minimum atomic E-state index is -0.677. The highest BCUT2D eigenvalue weighted by Gasteiger charge is 2.17. The van der Waals surface area contributed by atoms with E-state index in [1.165, 1.54) is 0 Å². The van der Waals surface area contributed by atoms with Gasteiger partial charge in [0.1, 0.15) is 5.75 Å². The van der Waals surface area contributed by atoms with Crippen LogP contribution in [-0.4, -0.2) is 17.2 Å². The average molecular weight is 292 g/mol. The quantitative estimate of drug-likeness (QED) is 0.630. The highest BCUT2D eigenvalue weighted by atomic mass is 79.9. The summed E-state index contributed by atoms with van der Waals surface area (Å²) in [4.78, 5) is 11.7. The number of carbonyl (C=O) groups is 1. The number of hydrogen-bond donors (Lipinski definition) is 0. The number of ether oxygens (including phenoxy) is 1. The lowest BCUT2D eigenvalue weighted by Gasteiger charge is -2.10. The molecule has 0 aromatic heterocycles. The number of halogens is 2. The van der Waals surface area contributed by atoms with Gasteiger partial charge in [-0.2, -0.15) is 0 Å². The van der Waals surface area contributed by atoms with E-state index in [-0.39, 0.29) is 5.78 Å². The first-order chi connectivity index (χ1) is 6.97. The van der Waals surface area contributed by atoms with E-state index in [0.29, 0.717) is 5.56 Å². The molecule has 1 unspecified atom stereocenters. The summed E-state index contributed by atoms with van der Waals surface area (Å²) in [6.07, 6.45) is 0. The molecule has 82 valence electrons. The predicted molar refractivity (Wildman–Crippen MR) is 65.4 cm³/mol. The van der Waals surface area contributed by atoms with Crippen LogP contribution in [0.25, 0.3) is 0 Å². The summed E-state index contributed by atoms with van der Waals surface area (Å²) < 4.78 is 4.49. The van der Waals surface area contributed by atoms with Crippen molar-refractivity contribution in [3.8, 4) is 5.75 Å². The van der Waals surface area contributed by atoms with E-state index in [4.69, 9.17) is 16.3 Å². The van der Waals surface area contributed by atoms with Gasteiger partial charge in [0.05, 0.1) is 7.11 Å². The largest absolute Gasteiger partial charge is 0.496 e. The number of Topliss-reactive ketones (excluding diaryl/α,β-unsaturated/α-hetero) is 1. The fourth-order valence-electron chi connectivity index (χ4n) is 1.39. The second-order valence-electron chi connectivity index (χ2n) is 3.30. The van der Waals surface area contributed by atoms with Crippen molar-refractivity contribution in [2.24, 2.45) is 0 Å². The number of ketones is 1. The molecule has 1 aromatic rings. The zero-order valence-electron chi connectivity index (χ0n) is 8.80. The normalized spacial score (nSPS) is 12.3. The molecule has 2 nitrogen and oxygen atoms in total. The van der Waals surface area contributed by atoms with Gasteiger partial charge in [-0.15, -0.1) is 11.6 Å². The van der Waals surface area contributed by atoms with Crippen molar-refractivity contribution in [2.45, 2.75) is 18.1 Å². The van der Waals surface area contributed by atoms with Gasteiger partial charge in [0.25, 0.3) is 0 Å². The average Bonchev–Trinajstić information content (AvgIpc) is 2.19. The number of carbonyl (C=O) groups excluding carboxylic acids is 1. The Morgan fingerprint density at radius 3 is 2.47 bits per heavy atom. The van der Waals surface area contributed by atoms with Crippen LogP contribution in [0.2, 0.25) is 0 Å². The van der Waals surface area contributed by atoms with Gasteiger partial charge in [0.2, 0.25) is 0 Å².